The number of pyridine rings is 1. The number of halogens is 3. The Kier molecular flexibility index (Phi) is 9.10. The highest BCUT2D eigenvalue weighted by molar-refractivity contribution is 5.90. The number of unbranched alkanes of at least 4 members (excludes halogenated alkanes) is 1. The van der Waals surface area contributed by atoms with Gasteiger partial charge in [-0.3, -0.25) is 4.79 Å². The van der Waals surface area contributed by atoms with Gasteiger partial charge in [0.05, 0.1) is 23.5 Å². The van der Waals surface area contributed by atoms with Crippen molar-refractivity contribution in [2.24, 2.45) is 10.8 Å². The molecule has 5 rings (SSSR count). The normalized spacial score (nSPS) is 24.4. The standard InChI is InChI=1S/C28H41F3N4O4/c1-19(2)39-15-14-35(12-4-3-7-21-9-8-20-6-5-11-32-23(20)33-21)13-10-22(24(36)37)34-25(38)26-16-27(17-26,18-26)28(29,30)31/h8-9,19,22H,3-7,10-18H2,1-2H3,(H,32,33)(H,34,38)(H,36,37). The number of rotatable bonds is 15. The molecule has 0 spiro atoms. The number of nitrogens with zero attached hydrogens (tertiary/aromatic N) is 2. The van der Waals surface area contributed by atoms with E-state index in [2.05, 4.69) is 27.7 Å². The smallest absolute Gasteiger partial charge is 0.394 e. The quantitative estimate of drug-likeness (QED) is 0.280. The Morgan fingerprint density at radius 1 is 1.18 bits per heavy atom. The van der Waals surface area contributed by atoms with E-state index < -0.39 is 34.9 Å². The highest BCUT2D eigenvalue weighted by Crippen LogP contribution is 2.78. The Labute approximate surface area is 228 Å². The molecule has 0 radical (unpaired) electrons. The second-order valence-corrected chi connectivity index (χ2v) is 11.8. The van der Waals surface area contributed by atoms with Crippen molar-refractivity contribution < 1.29 is 32.6 Å². The van der Waals surface area contributed by atoms with Crippen LogP contribution in [-0.2, 0) is 27.2 Å². The molecule has 2 bridgehead atoms. The zero-order valence-electron chi connectivity index (χ0n) is 22.9. The highest BCUT2D eigenvalue weighted by Gasteiger charge is 2.81. The van der Waals surface area contributed by atoms with Crippen LogP contribution in [-0.4, -0.2) is 78.0 Å². The first-order valence-electron chi connectivity index (χ1n) is 14.1. The molecular weight excluding hydrogens is 513 g/mol. The molecule has 3 N–H and O–H groups in total. The molecule has 1 aromatic rings. The summed E-state index contributed by atoms with van der Waals surface area (Å²) in [5, 5.41) is 15.6. The van der Waals surface area contributed by atoms with Crippen molar-refractivity contribution in [2.75, 3.05) is 38.1 Å². The lowest BCUT2D eigenvalue weighted by molar-refractivity contribution is -0.351. The fourth-order valence-electron chi connectivity index (χ4n) is 6.11. The molecule has 3 fully saturated rings. The molecule has 1 aromatic heterocycles. The Hall–Kier alpha value is -2.40. The number of hydrogen-bond donors (Lipinski definition) is 3. The van der Waals surface area contributed by atoms with E-state index in [4.69, 9.17) is 9.72 Å². The minimum atomic E-state index is -4.31. The zero-order valence-corrected chi connectivity index (χ0v) is 22.9. The molecule has 2 heterocycles. The zero-order chi connectivity index (χ0) is 28.3. The van der Waals surface area contributed by atoms with Gasteiger partial charge in [-0.05, 0) is 89.8 Å². The minimum absolute atomic E-state index is 0.0784. The van der Waals surface area contributed by atoms with Crippen molar-refractivity contribution >= 4 is 17.7 Å². The molecule has 11 heteroatoms. The monoisotopic (exact) mass is 554 g/mol. The number of anilines is 1. The number of aromatic nitrogens is 1. The van der Waals surface area contributed by atoms with Crippen LogP contribution in [0.5, 0.6) is 0 Å². The largest absolute Gasteiger partial charge is 0.480 e. The second-order valence-electron chi connectivity index (χ2n) is 11.8. The number of fused-ring (bicyclic) bond motifs is 1. The molecule has 0 saturated heterocycles. The molecule has 1 aliphatic heterocycles. The topological polar surface area (TPSA) is 104 Å². The van der Waals surface area contributed by atoms with E-state index >= 15 is 0 Å². The second kappa shape index (κ2) is 12.0. The van der Waals surface area contributed by atoms with Gasteiger partial charge in [-0.15, -0.1) is 0 Å². The predicted molar refractivity (Wildman–Crippen MR) is 140 cm³/mol. The summed E-state index contributed by atoms with van der Waals surface area (Å²) >= 11 is 0. The van der Waals surface area contributed by atoms with Crippen molar-refractivity contribution in [3.63, 3.8) is 0 Å². The van der Waals surface area contributed by atoms with Gasteiger partial charge in [0.1, 0.15) is 11.9 Å². The van der Waals surface area contributed by atoms with E-state index in [1.54, 1.807) is 0 Å². The number of aliphatic carboxylic acids is 1. The molecular formula is C28H41F3N4O4. The van der Waals surface area contributed by atoms with Gasteiger partial charge in [-0.1, -0.05) is 6.07 Å². The van der Waals surface area contributed by atoms with Crippen LogP contribution in [0.15, 0.2) is 12.1 Å². The van der Waals surface area contributed by atoms with Gasteiger partial charge in [0, 0.05) is 25.3 Å². The summed E-state index contributed by atoms with van der Waals surface area (Å²) in [5.74, 6) is -0.755. The van der Waals surface area contributed by atoms with Gasteiger partial charge in [0.15, 0.2) is 0 Å². The molecule has 1 atom stereocenters. The first kappa shape index (κ1) is 29.6. The van der Waals surface area contributed by atoms with Crippen LogP contribution >= 0.6 is 0 Å². The third kappa shape index (κ3) is 6.85. The average Bonchev–Trinajstić information content (AvgIpc) is 2.80. The number of ether oxygens (including phenoxy) is 1. The fraction of sp³-hybridized carbons (Fsp3) is 0.750. The van der Waals surface area contributed by atoms with Gasteiger partial charge < -0.3 is 25.4 Å². The van der Waals surface area contributed by atoms with Crippen LogP contribution in [0.25, 0.3) is 0 Å². The Bertz CT molecular complexity index is 1010. The summed E-state index contributed by atoms with van der Waals surface area (Å²) in [6.07, 6.45) is 0.0486. The number of carboxylic acids is 1. The summed E-state index contributed by atoms with van der Waals surface area (Å²) in [6.45, 7) is 7.15. The fourth-order valence-corrected chi connectivity index (χ4v) is 6.11. The molecule has 8 nitrogen and oxygen atoms in total. The number of aryl methyl sites for hydroxylation is 2. The lowest BCUT2D eigenvalue weighted by Gasteiger charge is -2.69. The van der Waals surface area contributed by atoms with Crippen molar-refractivity contribution in [3.05, 3.63) is 23.4 Å². The van der Waals surface area contributed by atoms with E-state index in [9.17, 15) is 27.9 Å². The number of carbonyl (C=O) groups excluding carboxylic acids is 1. The maximum absolute atomic E-state index is 13.2. The van der Waals surface area contributed by atoms with Gasteiger partial charge in [0.2, 0.25) is 5.91 Å². The van der Waals surface area contributed by atoms with Crippen molar-refractivity contribution in [1.82, 2.24) is 15.2 Å². The summed E-state index contributed by atoms with van der Waals surface area (Å²) in [7, 11) is 0. The molecule has 4 aliphatic rings. The van der Waals surface area contributed by atoms with Crippen LogP contribution < -0.4 is 10.6 Å². The number of amides is 1. The summed E-state index contributed by atoms with van der Waals surface area (Å²) in [4.78, 5) is 31.5. The van der Waals surface area contributed by atoms with E-state index in [1.807, 2.05) is 13.8 Å². The molecule has 0 aromatic carbocycles. The molecule has 3 aliphatic carbocycles. The molecule has 1 unspecified atom stereocenters. The lowest BCUT2D eigenvalue weighted by atomic mass is 9.34. The van der Waals surface area contributed by atoms with Crippen molar-refractivity contribution in [3.8, 4) is 0 Å². The first-order chi connectivity index (χ1) is 18.4. The van der Waals surface area contributed by atoms with Crippen molar-refractivity contribution in [2.45, 2.75) is 90.0 Å². The van der Waals surface area contributed by atoms with E-state index in [0.29, 0.717) is 19.7 Å². The van der Waals surface area contributed by atoms with Crippen molar-refractivity contribution in [1.29, 1.82) is 0 Å². The minimum Gasteiger partial charge on any atom is -0.480 e. The maximum atomic E-state index is 13.2. The maximum Gasteiger partial charge on any atom is 0.394 e. The summed E-state index contributed by atoms with van der Waals surface area (Å²) < 4.78 is 45.1. The third-order valence-electron chi connectivity index (χ3n) is 8.42. The van der Waals surface area contributed by atoms with Crippen LogP contribution in [0.3, 0.4) is 0 Å². The number of carbonyl (C=O) groups is 2. The Balaban J connectivity index is 1.25. The van der Waals surface area contributed by atoms with Gasteiger partial charge >= 0.3 is 12.1 Å². The lowest BCUT2D eigenvalue weighted by Crippen LogP contribution is -2.73. The molecule has 3 saturated carbocycles. The molecule has 1 amide bonds. The Morgan fingerprint density at radius 2 is 1.92 bits per heavy atom. The number of nitrogens with one attached hydrogen (secondary N) is 2. The number of alkyl halides is 3. The third-order valence-corrected chi connectivity index (χ3v) is 8.42. The van der Waals surface area contributed by atoms with E-state index in [1.165, 1.54) is 5.56 Å². The Morgan fingerprint density at radius 3 is 2.59 bits per heavy atom. The van der Waals surface area contributed by atoms with Gasteiger partial charge in [-0.2, -0.15) is 13.2 Å². The van der Waals surface area contributed by atoms with Gasteiger partial charge in [0.25, 0.3) is 0 Å². The summed E-state index contributed by atoms with van der Waals surface area (Å²) in [5.41, 5.74) is -0.502. The average molecular weight is 555 g/mol. The molecule has 218 valence electrons. The van der Waals surface area contributed by atoms with Crippen LogP contribution in [0.1, 0.15) is 70.1 Å². The van der Waals surface area contributed by atoms with E-state index in [-0.39, 0.29) is 31.8 Å². The SMILES string of the molecule is CC(C)OCCN(CCCCc1ccc2c(n1)NCCC2)CCC(NC(=O)C12CC(C(F)(F)F)(C1)C2)C(=O)O. The van der Waals surface area contributed by atoms with E-state index in [0.717, 1.165) is 56.7 Å². The van der Waals surface area contributed by atoms with Crippen LogP contribution in [0.4, 0.5) is 19.0 Å². The predicted octanol–water partition coefficient (Wildman–Crippen LogP) is 4.18. The van der Waals surface area contributed by atoms with Gasteiger partial charge in [-0.25, -0.2) is 9.78 Å². The number of hydrogen-bond acceptors (Lipinski definition) is 6. The first-order valence-corrected chi connectivity index (χ1v) is 14.1. The molecule has 39 heavy (non-hydrogen) atoms. The van der Waals surface area contributed by atoms with Crippen LogP contribution in [0, 0.1) is 10.8 Å². The number of carboxylic acid groups (broad SMARTS) is 1. The highest BCUT2D eigenvalue weighted by atomic mass is 19.4. The van der Waals surface area contributed by atoms with Crippen LogP contribution in [0.2, 0.25) is 0 Å². The summed E-state index contributed by atoms with van der Waals surface area (Å²) in [6, 6.07) is 3.09.